The van der Waals surface area contributed by atoms with Gasteiger partial charge in [0, 0.05) is 11.0 Å². The van der Waals surface area contributed by atoms with Crippen molar-refractivity contribution in [3.8, 4) is 0 Å². The number of azide groups is 1. The van der Waals surface area contributed by atoms with E-state index in [9.17, 15) is 4.79 Å². The van der Waals surface area contributed by atoms with E-state index in [2.05, 4.69) is 20.0 Å². The predicted octanol–water partition coefficient (Wildman–Crippen LogP) is 0.712. The Kier molecular flexibility index (Phi) is 1.67. The number of hydrogen-bond acceptors (Lipinski definition) is 3. The van der Waals surface area contributed by atoms with Crippen LogP contribution in [0.4, 0.5) is 5.82 Å². The Morgan fingerprint density at radius 2 is 2.60 bits per heavy atom. The molecular formula is C4H3N5O. The number of nitrogens with one attached hydrogen (secondary N) is 1. The molecule has 0 aliphatic heterocycles. The second-order valence-corrected chi connectivity index (χ2v) is 1.46. The highest BCUT2D eigenvalue weighted by atomic mass is 16.1. The normalized spacial score (nSPS) is 8.40. The lowest BCUT2D eigenvalue weighted by Gasteiger charge is -1.83. The highest BCUT2D eigenvalue weighted by Crippen LogP contribution is 1.99. The molecule has 1 rings (SSSR count). The van der Waals surface area contributed by atoms with Gasteiger partial charge in [-0.3, -0.25) is 4.79 Å². The molecule has 0 bridgehead atoms. The Hall–Kier alpha value is -1.81. The van der Waals surface area contributed by atoms with Crippen molar-refractivity contribution in [2.75, 3.05) is 0 Å². The molecule has 0 saturated carbocycles. The first kappa shape index (κ1) is 6.31. The zero-order valence-electron chi connectivity index (χ0n) is 4.85. The maximum atomic E-state index is 10.5. The van der Waals surface area contributed by atoms with Gasteiger partial charge in [-0.05, 0) is 10.6 Å². The number of rotatable bonds is 1. The van der Waals surface area contributed by atoms with E-state index in [0.717, 1.165) is 6.07 Å². The van der Waals surface area contributed by atoms with Crippen molar-refractivity contribution >= 4 is 5.82 Å². The molecule has 1 aromatic rings. The Morgan fingerprint density at radius 1 is 1.80 bits per heavy atom. The average Bonchev–Trinajstić information content (AvgIpc) is 1.88. The molecule has 0 saturated heterocycles. The summed E-state index contributed by atoms with van der Waals surface area (Å²) in [6.45, 7) is 0. The van der Waals surface area contributed by atoms with Crippen molar-refractivity contribution in [3.63, 3.8) is 0 Å². The third-order valence-electron chi connectivity index (χ3n) is 0.811. The van der Waals surface area contributed by atoms with Gasteiger partial charge in [-0.15, -0.1) is 0 Å². The zero-order valence-corrected chi connectivity index (χ0v) is 4.85. The first-order valence-electron chi connectivity index (χ1n) is 2.43. The molecule has 1 heterocycles. The lowest BCUT2D eigenvalue weighted by atomic mass is 10.6. The van der Waals surface area contributed by atoms with Crippen LogP contribution in [0.15, 0.2) is 22.3 Å². The summed E-state index contributed by atoms with van der Waals surface area (Å²) in [5.41, 5.74) is 7.58. The van der Waals surface area contributed by atoms with E-state index in [1.807, 2.05) is 0 Å². The Labute approximate surface area is 55.2 Å². The largest absolute Gasteiger partial charge is 0.313 e. The molecule has 0 atom stereocenters. The van der Waals surface area contributed by atoms with Crippen molar-refractivity contribution in [3.05, 3.63) is 33.2 Å². The highest BCUT2D eigenvalue weighted by Gasteiger charge is 1.87. The van der Waals surface area contributed by atoms with Crippen LogP contribution in [0.5, 0.6) is 0 Å². The van der Waals surface area contributed by atoms with E-state index in [0.29, 0.717) is 0 Å². The van der Waals surface area contributed by atoms with Crippen LogP contribution < -0.4 is 5.56 Å². The Balaban J connectivity index is 3.19. The number of hydrogen-bond donors (Lipinski definition) is 1. The number of aromatic nitrogens is 2. The van der Waals surface area contributed by atoms with Gasteiger partial charge in [-0.25, -0.2) is 4.98 Å². The van der Waals surface area contributed by atoms with Crippen LogP contribution in [0.3, 0.4) is 0 Å². The molecule has 0 aromatic carbocycles. The fourth-order valence-electron chi connectivity index (χ4n) is 0.459. The van der Waals surface area contributed by atoms with Crippen LogP contribution in [0.1, 0.15) is 0 Å². The molecule has 0 fully saturated rings. The van der Waals surface area contributed by atoms with Gasteiger partial charge in [-0.1, -0.05) is 0 Å². The van der Waals surface area contributed by atoms with Gasteiger partial charge >= 0.3 is 0 Å². The third kappa shape index (κ3) is 1.33. The van der Waals surface area contributed by atoms with Gasteiger partial charge in [0.15, 0.2) is 0 Å². The Bertz CT molecular complexity index is 322. The first-order chi connectivity index (χ1) is 4.83. The number of H-pyrrole nitrogens is 1. The van der Waals surface area contributed by atoms with E-state index in [4.69, 9.17) is 5.53 Å². The van der Waals surface area contributed by atoms with Crippen LogP contribution in [0.2, 0.25) is 0 Å². The number of nitrogens with zero attached hydrogens (tertiary/aromatic N) is 4. The van der Waals surface area contributed by atoms with E-state index >= 15 is 0 Å². The summed E-state index contributed by atoms with van der Waals surface area (Å²) in [6, 6.07) is 1.11. The summed E-state index contributed by atoms with van der Waals surface area (Å²) in [5.74, 6) is 0.0752. The summed E-state index contributed by atoms with van der Waals surface area (Å²) in [5, 5.41) is 3.12. The zero-order chi connectivity index (χ0) is 7.40. The monoisotopic (exact) mass is 137 g/mol. The molecule has 6 nitrogen and oxygen atoms in total. The van der Waals surface area contributed by atoms with Crippen molar-refractivity contribution in [1.29, 1.82) is 0 Å². The molecular weight excluding hydrogens is 134 g/mol. The molecule has 0 aliphatic carbocycles. The predicted molar refractivity (Wildman–Crippen MR) is 33.7 cm³/mol. The van der Waals surface area contributed by atoms with E-state index in [1.165, 1.54) is 6.33 Å². The minimum Gasteiger partial charge on any atom is -0.313 e. The van der Waals surface area contributed by atoms with E-state index in [1.54, 1.807) is 0 Å². The fraction of sp³-hybridized carbons (Fsp3) is 0. The highest BCUT2D eigenvalue weighted by molar-refractivity contribution is 5.22. The van der Waals surface area contributed by atoms with Gasteiger partial charge in [-0.2, -0.15) is 0 Å². The van der Waals surface area contributed by atoms with Crippen LogP contribution in [0, 0.1) is 0 Å². The van der Waals surface area contributed by atoms with Crippen molar-refractivity contribution in [2.45, 2.75) is 0 Å². The van der Waals surface area contributed by atoms with Gasteiger partial charge in [0.2, 0.25) is 0 Å². The minimum atomic E-state index is -0.336. The molecule has 10 heavy (non-hydrogen) atoms. The van der Waals surface area contributed by atoms with Crippen molar-refractivity contribution in [2.24, 2.45) is 5.11 Å². The average molecular weight is 137 g/mol. The molecule has 0 amide bonds. The molecule has 0 unspecified atom stereocenters. The van der Waals surface area contributed by atoms with Crippen molar-refractivity contribution < 1.29 is 0 Å². The lowest BCUT2D eigenvalue weighted by Crippen LogP contribution is -2.01. The maximum Gasteiger partial charge on any atom is 0.251 e. The molecule has 50 valence electrons. The van der Waals surface area contributed by atoms with Crippen LogP contribution >= 0.6 is 0 Å². The minimum absolute atomic E-state index is 0.0752. The van der Waals surface area contributed by atoms with Crippen LogP contribution in [-0.2, 0) is 0 Å². The smallest absolute Gasteiger partial charge is 0.251 e. The lowest BCUT2D eigenvalue weighted by molar-refractivity contribution is 1.10. The summed E-state index contributed by atoms with van der Waals surface area (Å²) in [6.07, 6.45) is 1.17. The summed E-state index contributed by atoms with van der Waals surface area (Å²) in [4.78, 5) is 18.8. The SMILES string of the molecule is [N-]=[N+]=Nc1cc(=O)[nH]cn1. The van der Waals surface area contributed by atoms with Crippen molar-refractivity contribution in [1.82, 2.24) is 9.97 Å². The first-order valence-corrected chi connectivity index (χ1v) is 2.43. The standard InChI is InChI=1S/C4H3N5O/c5-9-8-3-1-4(10)7-2-6-3/h1-2H,(H,6,7,10). The molecule has 0 spiro atoms. The van der Waals surface area contributed by atoms with E-state index in [-0.39, 0.29) is 11.4 Å². The van der Waals surface area contributed by atoms with Crippen LogP contribution in [0.25, 0.3) is 10.4 Å². The summed E-state index contributed by atoms with van der Waals surface area (Å²) < 4.78 is 0. The van der Waals surface area contributed by atoms with Gasteiger partial charge in [0.25, 0.3) is 5.56 Å². The van der Waals surface area contributed by atoms with Gasteiger partial charge < -0.3 is 4.98 Å². The number of aromatic amines is 1. The summed E-state index contributed by atoms with van der Waals surface area (Å²) >= 11 is 0. The third-order valence-corrected chi connectivity index (χ3v) is 0.811. The quantitative estimate of drug-likeness (QED) is 0.350. The molecule has 6 heteroatoms. The molecule has 0 aliphatic rings. The second kappa shape index (κ2) is 2.65. The second-order valence-electron chi connectivity index (χ2n) is 1.46. The van der Waals surface area contributed by atoms with Gasteiger partial charge in [0.1, 0.15) is 5.82 Å². The van der Waals surface area contributed by atoms with Gasteiger partial charge in [0.05, 0.1) is 6.33 Å². The molecule has 0 radical (unpaired) electrons. The Morgan fingerprint density at radius 3 is 3.20 bits per heavy atom. The maximum absolute atomic E-state index is 10.5. The van der Waals surface area contributed by atoms with Crippen LogP contribution in [-0.4, -0.2) is 9.97 Å². The fourth-order valence-corrected chi connectivity index (χ4v) is 0.459. The topological polar surface area (TPSA) is 94.5 Å². The molecule has 1 aromatic heterocycles. The molecule has 1 N–H and O–H groups in total. The summed E-state index contributed by atoms with van der Waals surface area (Å²) in [7, 11) is 0. The van der Waals surface area contributed by atoms with E-state index < -0.39 is 0 Å².